The predicted octanol–water partition coefficient (Wildman–Crippen LogP) is 5.31. The second-order valence-corrected chi connectivity index (χ2v) is 7.57. The Bertz CT molecular complexity index is 474. The van der Waals surface area contributed by atoms with Crippen molar-refractivity contribution in [2.75, 3.05) is 11.1 Å². The first-order valence-corrected chi connectivity index (χ1v) is 8.04. The molecular formula is C14H18Cl2N2S. The Hall–Kier alpha value is -0.380. The molecule has 5 heteroatoms. The van der Waals surface area contributed by atoms with Crippen molar-refractivity contribution in [1.29, 1.82) is 0 Å². The van der Waals surface area contributed by atoms with Crippen LogP contribution in [0.2, 0.25) is 10.0 Å². The normalized spacial score (nSPS) is 20.1. The number of rotatable bonds is 1. The number of para-hydroxylation sites is 1. The smallest absolute Gasteiger partial charge is 0.161 e. The summed E-state index contributed by atoms with van der Waals surface area (Å²) in [7, 11) is 0. The zero-order valence-electron chi connectivity index (χ0n) is 11.3. The van der Waals surface area contributed by atoms with Gasteiger partial charge in [-0.3, -0.25) is 4.99 Å². The molecule has 1 aliphatic rings. The van der Waals surface area contributed by atoms with Crippen molar-refractivity contribution in [3.8, 4) is 0 Å². The van der Waals surface area contributed by atoms with E-state index in [1.54, 1.807) is 11.8 Å². The number of anilines is 1. The van der Waals surface area contributed by atoms with Crippen LogP contribution in [0.1, 0.15) is 27.2 Å². The Labute approximate surface area is 129 Å². The lowest BCUT2D eigenvalue weighted by molar-refractivity contribution is 0.316. The molecule has 0 fully saturated rings. The molecule has 0 saturated heterocycles. The first kappa shape index (κ1) is 15.0. The average Bonchev–Trinajstić information content (AvgIpc) is 2.33. The molecule has 0 radical (unpaired) electrons. The number of hydrogen-bond acceptors (Lipinski definition) is 3. The largest absolute Gasteiger partial charge is 0.333 e. The zero-order valence-corrected chi connectivity index (χ0v) is 13.7. The van der Waals surface area contributed by atoms with Crippen molar-refractivity contribution in [3.05, 3.63) is 28.2 Å². The maximum Gasteiger partial charge on any atom is 0.161 e. The summed E-state index contributed by atoms with van der Waals surface area (Å²) in [5.74, 6) is 1.07. The number of benzene rings is 1. The van der Waals surface area contributed by atoms with E-state index in [-0.39, 0.29) is 5.41 Å². The number of aliphatic imine (C=N–C) groups is 1. The summed E-state index contributed by atoms with van der Waals surface area (Å²) in [5, 5.41) is 5.41. The van der Waals surface area contributed by atoms with Gasteiger partial charge in [-0.1, -0.05) is 61.8 Å². The Morgan fingerprint density at radius 2 is 1.89 bits per heavy atom. The minimum Gasteiger partial charge on any atom is -0.333 e. The van der Waals surface area contributed by atoms with Gasteiger partial charge in [-0.25, -0.2) is 0 Å². The van der Waals surface area contributed by atoms with Gasteiger partial charge in [0.1, 0.15) is 0 Å². The van der Waals surface area contributed by atoms with Gasteiger partial charge in [0, 0.05) is 5.75 Å². The molecule has 0 amide bonds. The third-order valence-corrected chi connectivity index (χ3v) is 4.65. The second kappa shape index (κ2) is 5.94. The summed E-state index contributed by atoms with van der Waals surface area (Å²) in [4.78, 5) is 4.78. The third-order valence-electron chi connectivity index (χ3n) is 3.10. The van der Waals surface area contributed by atoms with Gasteiger partial charge in [-0.2, -0.15) is 0 Å². The van der Waals surface area contributed by atoms with Crippen molar-refractivity contribution in [2.45, 2.75) is 33.2 Å². The maximum atomic E-state index is 6.16. The van der Waals surface area contributed by atoms with E-state index in [4.69, 9.17) is 28.2 Å². The van der Waals surface area contributed by atoms with Gasteiger partial charge in [-0.05, 0) is 24.0 Å². The van der Waals surface area contributed by atoms with E-state index >= 15 is 0 Å². The summed E-state index contributed by atoms with van der Waals surface area (Å²) in [6.07, 6.45) is 1.11. The SMILES string of the molecule is CC(C)(C)C1CCSC(Nc2c(Cl)cccc2Cl)=N1. The molecule has 1 aromatic rings. The molecule has 0 aliphatic carbocycles. The quantitative estimate of drug-likeness (QED) is 0.759. The molecule has 0 spiro atoms. The maximum absolute atomic E-state index is 6.16. The molecule has 1 aliphatic heterocycles. The van der Waals surface area contributed by atoms with Gasteiger partial charge >= 0.3 is 0 Å². The van der Waals surface area contributed by atoms with Crippen LogP contribution in [0.4, 0.5) is 5.69 Å². The van der Waals surface area contributed by atoms with Gasteiger partial charge in [0.2, 0.25) is 0 Å². The van der Waals surface area contributed by atoms with E-state index in [0.717, 1.165) is 23.0 Å². The van der Waals surface area contributed by atoms with Crippen molar-refractivity contribution < 1.29 is 0 Å². The molecular weight excluding hydrogens is 299 g/mol. The summed E-state index contributed by atoms with van der Waals surface area (Å²) in [5.41, 5.74) is 0.921. The molecule has 1 heterocycles. The lowest BCUT2D eigenvalue weighted by Crippen LogP contribution is -2.30. The number of nitrogens with one attached hydrogen (secondary N) is 1. The molecule has 0 aromatic heterocycles. The lowest BCUT2D eigenvalue weighted by Gasteiger charge is -2.31. The van der Waals surface area contributed by atoms with Crippen LogP contribution in [0.15, 0.2) is 23.2 Å². The van der Waals surface area contributed by atoms with E-state index < -0.39 is 0 Å². The number of nitrogens with zero attached hydrogens (tertiary/aromatic N) is 1. The highest BCUT2D eigenvalue weighted by Crippen LogP contribution is 2.34. The highest BCUT2D eigenvalue weighted by atomic mass is 35.5. The molecule has 2 rings (SSSR count). The van der Waals surface area contributed by atoms with Crippen LogP contribution in [-0.2, 0) is 0 Å². The fourth-order valence-corrected chi connectivity index (χ4v) is 3.33. The molecule has 1 atom stereocenters. The molecule has 1 unspecified atom stereocenters. The fourth-order valence-electron chi connectivity index (χ4n) is 1.93. The van der Waals surface area contributed by atoms with Crippen LogP contribution in [0.3, 0.4) is 0 Å². The Balaban J connectivity index is 2.21. The Morgan fingerprint density at radius 1 is 1.26 bits per heavy atom. The van der Waals surface area contributed by atoms with E-state index in [1.807, 2.05) is 18.2 Å². The van der Waals surface area contributed by atoms with Gasteiger partial charge in [-0.15, -0.1) is 0 Å². The fraction of sp³-hybridized carbons (Fsp3) is 0.500. The molecule has 19 heavy (non-hydrogen) atoms. The van der Waals surface area contributed by atoms with Crippen LogP contribution in [-0.4, -0.2) is 17.0 Å². The second-order valence-electron chi connectivity index (χ2n) is 5.67. The highest BCUT2D eigenvalue weighted by molar-refractivity contribution is 8.14. The summed E-state index contributed by atoms with van der Waals surface area (Å²) in [6.45, 7) is 6.66. The van der Waals surface area contributed by atoms with Crippen LogP contribution in [0, 0.1) is 5.41 Å². The van der Waals surface area contributed by atoms with Crippen molar-refractivity contribution in [1.82, 2.24) is 0 Å². The van der Waals surface area contributed by atoms with Crippen LogP contribution < -0.4 is 5.32 Å². The molecule has 0 saturated carbocycles. The van der Waals surface area contributed by atoms with Gasteiger partial charge in [0.15, 0.2) is 5.17 Å². The first-order valence-electron chi connectivity index (χ1n) is 6.29. The number of hydrogen-bond donors (Lipinski definition) is 1. The van der Waals surface area contributed by atoms with E-state index in [2.05, 4.69) is 26.1 Å². The number of amidine groups is 1. The summed E-state index contributed by atoms with van der Waals surface area (Å²) < 4.78 is 0. The van der Waals surface area contributed by atoms with Crippen LogP contribution in [0.5, 0.6) is 0 Å². The number of thioether (sulfide) groups is 1. The van der Waals surface area contributed by atoms with E-state index in [1.165, 1.54) is 0 Å². The van der Waals surface area contributed by atoms with Crippen molar-refractivity contribution in [2.24, 2.45) is 10.4 Å². The van der Waals surface area contributed by atoms with E-state index in [9.17, 15) is 0 Å². The van der Waals surface area contributed by atoms with E-state index in [0.29, 0.717) is 16.1 Å². The van der Waals surface area contributed by atoms with Crippen molar-refractivity contribution in [3.63, 3.8) is 0 Å². The van der Waals surface area contributed by atoms with Crippen LogP contribution >= 0.6 is 35.0 Å². The minimum atomic E-state index is 0.179. The predicted molar refractivity (Wildman–Crippen MR) is 87.8 cm³/mol. The molecule has 1 aromatic carbocycles. The third kappa shape index (κ3) is 3.80. The number of halogens is 2. The average molecular weight is 317 g/mol. The highest BCUT2D eigenvalue weighted by Gasteiger charge is 2.27. The van der Waals surface area contributed by atoms with Gasteiger partial charge < -0.3 is 5.32 Å². The standard InChI is InChI=1S/C14H18Cl2N2S/c1-14(2,3)11-7-8-19-13(17-11)18-12-9(15)5-4-6-10(12)16/h4-6,11H,7-8H2,1-3H3,(H,17,18). The Morgan fingerprint density at radius 3 is 2.47 bits per heavy atom. The summed E-state index contributed by atoms with van der Waals surface area (Å²) >= 11 is 14.0. The minimum absolute atomic E-state index is 0.179. The van der Waals surface area contributed by atoms with Crippen LogP contribution in [0.25, 0.3) is 0 Å². The van der Waals surface area contributed by atoms with Crippen molar-refractivity contribution >= 4 is 45.8 Å². The summed E-state index contributed by atoms with van der Waals surface area (Å²) in [6, 6.07) is 5.82. The first-order chi connectivity index (χ1) is 8.88. The topological polar surface area (TPSA) is 24.4 Å². The molecule has 0 bridgehead atoms. The Kier molecular flexibility index (Phi) is 4.70. The molecule has 104 valence electrons. The van der Waals surface area contributed by atoms with Gasteiger partial charge in [0.05, 0.1) is 21.8 Å². The monoisotopic (exact) mass is 316 g/mol. The van der Waals surface area contributed by atoms with Gasteiger partial charge in [0.25, 0.3) is 0 Å². The molecule has 1 N–H and O–H groups in total. The molecule has 2 nitrogen and oxygen atoms in total. The lowest BCUT2D eigenvalue weighted by atomic mass is 9.85. The zero-order chi connectivity index (χ0) is 14.0.